The summed E-state index contributed by atoms with van der Waals surface area (Å²) < 4.78 is 6.34. The standard InChI is InChI=1S/C22H26N2O/c1-13-14(2)22-20(16(4)21(13)23)15(3)19(25-22)12-24-10-9-17-7-5-6-8-18(17)11-24/h5-8H,9-12,23H2,1-4H3. The number of furan rings is 1. The zero-order valence-corrected chi connectivity index (χ0v) is 15.6. The SMILES string of the molecule is Cc1c(N)c(C)c2c(C)c(CN3CCc4ccccc4C3)oc2c1C. The Balaban J connectivity index is 1.70. The van der Waals surface area contributed by atoms with Gasteiger partial charge in [0.25, 0.3) is 0 Å². The Hall–Kier alpha value is -2.26. The molecule has 1 aliphatic rings. The van der Waals surface area contributed by atoms with E-state index in [1.54, 1.807) is 0 Å². The Labute approximate surface area is 149 Å². The molecule has 0 saturated heterocycles. The molecule has 2 heterocycles. The van der Waals surface area contributed by atoms with Crippen LogP contribution in [0.25, 0.3) is 11.0 Å². The molecule has 0 atom stereocenters. The molecular formula is C22H26N2O. The molecule has 0 unspecified atom stereocenters. The molecule has 3 heteroatoms. The van der Waals surface area contributed by atoms with E-state index in [2.05, 4.69) is 56.9 Å². The maximum absolute atomic E-state index is 6.34. The molecule has 1 aromatic heterocycles. The lowest BCUT2D eigenvalue weighted by molar-refractivity contribution is 0.227. The second-order valence-electron chi connectivity index (χ2n) is 7.37. The van der Waals surface area contributed by atoms with E-state index >= 15 is 0 Å². The molecule has 0 fully saturated rings. The molecule has 130 valence electrons. The van der Waals surface area contributed by atoms with Crippen LogP contribution in [0.5, 0.6) is 0 Å². The molecule has 0 aliphatic carbocycles. The van der Waals surface area contributed by atoms with Crippen LogP contribution in [0, 0.1) is 27.7 Å². The molecule has 0 radical (unpaired) electrons. The third-order valence-corrected chi connectivity index (χ3v) is 5.91. The minimum Gasteiger partial charge on any atom is -0.459 e. The summed E-state index contributed by atoms with van der Waals surface area (Å²) in [7, 11) is 0. The van der Waals surface area contributed by atoms with Crippen molar-refractivity contribution in [3.8, 4) is 0 Å². The highest BCUT2D eigenvalue weighted by Crippen LogP contribution is 2.37. The number of benzene rings is 2. The average molecular weight is 334 g/mol. The van der Waals surface area contributed by atoms with Crippen LogP contribution in [-0.2, 0) is 19.5 Å². The van der Waals surface area contributed by atoms with Gasteiger partial charge in [-0.25, -0.2) is 0 Å². The highest BCUT2D eigenvalue weighted by molar-refractivity contribution is 5.93. The Morgan fingerprint density at radius 2 is 1.68 bits per heavy atom. The molecule has 3 aromatic rings. The number of rotatable bonds is 2. The van der Waals surface area contributed by atoms with Crippen molar-refractivity contribution in [1.29, 1.82) is 0 Å². The Morgan fingerprint density at radius 1 is 0.960 bits per heavy atom. The molecule has 4 rings (SSSR count). The third-order valence-electron chi connectivity index (χ3n) is 5.91. The smallest absolute Gasteiger partial charge is 0.138 e. The van der Waals surface area contributed by atoms with Crippen LogP contribution in [0.3, 0.4) is 0 Å². The summed E-state index contributed by atoms with van der Waals surface area (Å²) >= 11 is 0. The number of hydrogen-bond donors (Lipinski definition) is 1. The first kappa shape index (κ1) is 16.2. The van der Waals surface area contributed by atoms with E-state index in [1.807, 2.05) is 0 Å². The van der Waals surface area contributed by atoms with E-state index in [-0.39, 0.29) is 0 Å². The van der Waals surface area contributed by atoms with E-state index in [1.165, 1.54) is 22.1 Å². The van der Waals surface area contributed by atoms with Crippen molar-refractivity contribution in [2.45, 2.75) is 47.2 Å². The van der Waals surface area contributed by atoms with Crippen LogP contribution in [0.15, 0.2) is 28.7 Å². The van der Waals surface area contributed by atoms with Crippen molar-refractivity contribution in [2.75, 3.05) is 12.3 Å². The van der Waals surface area contributed by atoms with E-state index in [4.69, 9.17) is 10.2 Å². The van der Waals surface area contributed by atoms with Gasteiger partial charge in [0.05, 0.1) is 6.54 Å². The number of nitrogens with zero attached hydrogens (tertiary/aromatic N) is 1. The summed E-state index contributed by atoms with van der Waals surface area (Å²) in [6, 6.07) is 8.76. The number of fused-ring (bicyclic) bond motifs is 2. The molecule has 3 nitrogen and oxygen atoms in total. The van der Waals surface area contributed by atoms with Crippen molar-refractivity contribution >= 4 is 16.7 Å². The molecule has 2 aromatic carbocycles. The lowest BCUT2D eigenvalue weighted by Crippen LogP contribution is -2.30. The maximum Gasteiger partial charge on any atom is 0.138 e. The van der Waals surface area contributed by atoms with E-state index in [0.29, 0.717) is 0 Å². The van der Waals surface area contributed by atoms with Crippen molar-refractivity contribution in [1.82, 2.24) is 4.90 Å². The van der Waals surface area contributed by atoms with Crippen LogP contribution in [-0.4, -0.2) is 11.4 Å². The number of aryl methyl sites for hydroxylation is 3. The fraction of sp³-hybridized carbons (Fsp3) is 0.364. The Bertz CT molecular complexity index is 968. The first-order valence-corrected chi connectivity index (χ1v) is 9.03. The summed E-state index contributed by atoms with van der Waals surface area (Å²) in [4.78, 5) is 2.48. The van der Waals surface area contributed by atoms with Crippen molar-refractivity contribution in [3.05, 3.63) is 63.4 Å². The van der Waals surface area contributed by atoms with Crippen LogP contribution >= 0.6 is 0 Å². The van der Waals surface area contributed by atoms with Gasteiger partial charge in [-0.1, -0.05) is 24.3 Å². The van der Waals surface area contributed by atoms with Gasteiger partial charge in [-0.15, -0.1) is 0 Å². The van der Waals surface area contributed by atoms with Crippen LogP contribution in [0.1, 0.15) is 39.1 Å². The summed E-state index contributed by atoms with van der Waals surface area (Å²) in [5, 5.41) is 1.20. The fourth-order valence-electron chi connectivity index (χ4n) is 4.11. The number of nitrogen functional groups attached to an aromatic ring is 1. The van der Waals surface area contributed by atoms with Gasteiger partial charge in [0.2, 0.25) is 0 Å². The monoisotopic (exact) mass is 334 g/mol. The molecule has 2 N–H and O–H groups in total. The number of hydrogen-bond acceptors (Lipinski definition) is 3. The minimum atomic E-state index is 0.854. The van der Waals surface area contributed by atoms with Gasteiger partial charge in [-0.3, -0.25) is 4.90 Å². The van der Waals surface area contributed by atoms with Gasteiger partial charge in [-0.2, -0.15) is 0 Å². The lowest BCUT2D eigenvalue weighted by atomic mass is 9.97. The molecule has 0 spiro atoms. The van der Waals surface area contributed by atoms with Crippen LogP contribution < -0.4 is 5.73 Å². The summed E-state index contributed by atoms with van der Waals surface area (Å²) in [5.41, 5.74) is 15.8. The summed E-state index contributed by atoms with van der Waals surface area (Å²) in [6.07, 6.45) is 1.11. The summed E-state index contributed by atoms with van der Waals surface area (Å²) in [5.74, 6) is 1.07. The van der Waals surface area contributed by atoms with Gasteiger partial charge in [0.15, 0.2) is 0 Å². The zero-order chi connectivity index (χ0) is 17.7. The second kappa shape index (κ2) is 5.92. The molecule has 0 amide bonds. The zero-order valence-electron chi connectivity index (χ0n) is 15.6. The summed E-state index contributed by atoms with van der Waals surface area (Å²) in [6.45, 7) is 11.4. The van der Waals surface area contributed by atoms with Crippen LogP contribution in [0.4, 0.5) is 5.69 Å². The van der Waals surface area contributed by atoms with Gasteiger partial charge in [-0.05, 0) is 61.9 Å². The number of anilines is 1. The highest BCUT2D eigenvalue weighted by Gasteiger charge is 2.22. The van der Waals surface area contributed by atoms with Gasteiger partial charge in [0, 0.05) is 29.7 Å². The largest absolute Gasteiger partial charge is 0.459 e. The molecule has 25 heavy (non-hydrogen) atoms. The van der Waals surface area contributed by atoms with Crippen LogP contribution in [0.2, 0.25) is 0 Å². The topological polar surface area (TPSA) is 42.4 Å². The molecule has 0 bridgehead atoms. The first-order chi connectivity index (χ1) is 12.0. The Kier molecular flexibility index (Phi) is 3.84. The van der Waals surface area contributed by atoms with E-state index in [9.17, 15) is 0 Å². The van der Waals surface area contributed by atoms with E-state index in [0.717, 1.165) is 59.8 Å². The highest BCUT2D eigenvalue weighted by atomic mass is 16.3. The predicted molar refractivity (Wildman–Crippen MR) is 104 cm³/mol. The quantitative estimate of drug-likeness (QED) is 0.684. The molecular weight excluding hydrogens is 308 g/mol. The average Bonchev–Trinajstić information content (AvgIpc) is 2.95. The fourth-order valence-corrected chi connectivity index (χ4v) is 4.11. The van der Waals surface area contributed by atoms with Gasteiger partial charge in [0.1, 0.15) is 11.3 Å². The van der Waals surface area contributed by atoms with Gasteiger partial charge >= 0.3 is 0 Å². The normalized spacial score (nSPS) is 14.9. The molecule has 0 saturated carbocycles. The molecule has 1 aliphatic heterocycles. The lowest BCUT2D eigenvalue weighted by Gasteiger charge is -2.28. The van der Waals surface area contributed by atoms with Crippen molar-refractivity contribution in [3.63, 3.8) is 0 Å². The first-order valence-electron chi connectivity index (χ1n) is 9.03. The second-order valence-corrected chi connectivity index (χ2v) is 7.37. The minimum absolute atomic E-state index is 0.854. The van der Waals surface area contributed by atoms with Crippen molar-refractivity contribution < 1.29 is 4.42 Å². The van der Waals surface area contributed by atoms with Crippen molar-refractivity contribution in [2.24, 2.45) is 0 Å². The maximum atomic E-state index is 6.34. The van der Waals surface area contributed by atoms with E-state index < -0.39 is 0 Å². The number of nitrogens with two attached hydrogens (primary N) is 1. The third kappa shape index (κ3) is 2.54. The predicted octanol–water partition coefficient (Wildman–Crippen LogP) is 4.81. The van der Waals surface area contributed by atoms with Gasteiger partial charge < -0.3 is 10.2 Å². The Morgan fingerprint density at radius 3 is 2.44 bits per heavy atom.